The normalized spacial score (nSPS) is 14.6. The van der Waals surface area contributed by atoms with Gasteiger partial charge in [0.05, 0.1) is 33.8 Å². The summed E-state index contributed by atoms with van der Waals surface area (Å²) in [5.74, 6) is -0.625. The zero-order valence-corrected chi connectivity index (χ0v) is 54.5. The van der Waals surface area contributed by atoms with Crippen LogP contribution in [0.3, 0.4) is 0 Å². The van der Waals surface area contributed by atoms with E-state index in [1.807, 2.05) is 45.4 Å². The van der Waals surface area contributed by atoms with E-state index in [0.717, 1.165) is 122 Å². The van der Waals surface area contributed by atoms with Crippen molar-refractivity contribution in [3.8, 4) is 0 Å². The minimum Gasteiger partial charge on any atom is -0.456 e. The maximum absolute atomic E-state index is 13.5. The second kappa shape index (κ2) is 60.7. The van der Waals surface area contributed by atoms with Crippen molar-refractivity contribution < 1.29 is 37.3 Å². The molecule has 1 amide bonds. The Bertz CT molecular complexity index is 1980. The number of ether oxygens (including phenoxy) is 1. The lowest BCUT2D eigenvalue weighted by Gasteiger charge is -2.27. The molecule has 3 atom stereocenters. The number of carbonyl (C=O) groups excluding carboxylic acids is 2. The van der Waals surface area contributed by atoms with Crippen molar-refractivity contribution in [2.24, 2.45) is 0 Å². The Morgan fingerprint density at radius 3 is 1.18 bits per heavy atom. The third kappa shape index (κ3) is 62.0. The van der Waals surface area contributed by atoms with Crippen LogP contribution in [-0.2, 0) is 27.9 Å². The number of esters is 1. The first-order valence-corrected chi connectivity index (χ1v) is 34.3. The lowest BCUT2D eigenvalue weighted by molar-refractivity contribution is -0.870. The number of phosphoric acid groups is 1. The molecule has 0 heterocycles. The summed E-state index contributed by atoms with van der Waals surface area (Å²) in [6.45, 7) is 6.69. The predicted octanol–water partition coefficient (Wildman–Crippen LogP) is 20.8. The Kier molecular flexibility index (Phi) is 57.5. The molecule has 0 aromatic rings. The minimum absolute atomic E-state index is 0.0163. The molecule has 0 aromatic heterocycles. The Hall–Kier alpha value is -4.37. The smallest absolute Gasteiger partial charge is 0.456 e. The number of quaternary nitrogens is 1. The summed E-state index contributed by atoms with van der Waals surface area (Å²) < 4.78 is 30.7. The Labute approximate surface area is 510 Å². The molecule has 3 unspecified atom stereocenters. The van der Waals surface area contributed by atoms with Gasteiger partial charge in [0.2, 0.25) is 5.91 Å². The zero-order chi connectivity index (χ0) is 60.7. The highest BCUT2D eigenvalue weighted by Crippen LogP contribution is 2.43. The lowest BCUT2D eigenvalue weighted by atomic mass is 10.1. The van der Waals surface area contributed by atoms with Gasteiger partial charge in [0.15, 0.2) is 0 Å². The first kappa shape index (κ1) is 78.6. The van der Waals surface area contributed by atoms with E-state index in [9.17, 15) is 19.0 Å². The molecule has 9 nitrogen and oxygen atoms in total. The molecular weight excluding hydrogens is 1050 g/mol. The Morgan fingerprint density at radius 1 is 0.434 bits per heavy atom. The first-order valence-electron chi connectivity index (χ1n) is 32.8. The third-order valence-electron chi connectivity index (χ3n) is 13.5. The SMILES string of the molecule is CC/C=C\C/C=C\C/C=C\C/C=C\C/C=C\C/C=C\CCCCCCCCCCC(=O)OC(/C=C\CCCCCCCCCCC)C(COP(=O)(O)OCC[N+](C)(C)C)NC(=O)CC/C=C\C/C=C\C/C=C\C/C=C\C/C=C\C/C=C\CC. The molecule has 0 spiro atoms. The van der Waals surface area contributed by atoms with E-state index in [1.165, 1.54) is 70.6 Å². The van der Waals surface area contributed by atoms with E-state index in [-0.39, 0.29) is 37.9 Å². The van der Waals surface area contributed by atoms with Crippen LogP contribution < -0.4 is 5.32 Å². The van der Waals surface area contributed by atoms with E-state index < -0.39 is 20.0 Å². The van der Waals surface area contributed by atoms with E-state index in [2.05, 4.69) is 160 Å². The summed E-state index contributed by atoms with van der Waals surface area (Å²) in [4.78, 5) is 37.7. The number of nitrogens with zero attached hydrogens (tertiary/aromatic N) is 1. The fourth-order valence-corrected chi connectivity index (χ4v) is 9.23. The maximum Gasteiger partial charge on any atom is 0.472 e. The van der Waals surface area contributed by atoms with Crippen LogP contribution in [0.1, 0.15) is 239 Å². The van der Waals surface area contributed by atoms with Crippen LogP contribution in [0.2, 0.25) is 0 Å². The summed E-state index contributed by atoms with van der Waals surface area (Å²) in [6, 6.07) is -0.905. The summed E-state index contributed by atoms with van der Waals surface area (Å²) in [7, 11) is 1.42. The van der Waals surface area contributed by atoms with Crippen molar-refractivity contribution in [3.63, 3.8) is 0 Å². The molecule has 0 fully saturated rings. The fraction of sp³-hybridized carbons (Fsp3) is 0.616. The van der Waals surface area contributed by atoms with Gasteiger partial charge < -0.3 is 19.4 Å². The standard InChI is InChI=1S/C73H121N2O7P/c1-7-10-13-16-19-22-25-27-29-31-33-34-35-36-37-38-39-40-42-44-46-48-51-54-57-60-63-66-73(77)82-71(64-61-58-55-52-49-24-21-18-15-12-9-3)70(69-81-83(78,79)80-68-67-75(4,5)6)74-72(76)65-62-59-56-53-50-47-45-43-41-32-30-28-26-23-20-17-14-11-8-2/h10-11,13-14,19-20,22-23,27-30,33-34,36-37,39-41,43,47,50,56,59,61,64,70-71H,7-9,12,15-18,21,24-26,31-32,35,38,42,44-46,48-49,51-55,57-58,60,62-63,65-69H2,1-6H3,(H-,74,76,78,79)/p+1/b13-10-,14-11-,22-19-,23-20-,29-27-,30-28-,34-33-,37-36-,40-39-,43-41-,50-47-,59-56-,64-61-. The number of phosphoric ester groups is 1. The van der Waals surface area contributed by atoms with Crippen LogP contribution >= 0.6 is 7.82 Å². The van der Waals surface area contributed by atoms with Crippen LogP contribution in [0.25, 0.3) is 0 Å². The number of nitrogens with one attached hydrogen (secondary N) is 1. The van der Waals surface area contributed by atoms with Gasteiger partial charge in [-0.2, -0.15) is 0 Å². The summed E-state index contributed by atoms with van der Waals surface area (Å²) in [5, 5.41) is 3.00. The van der Waals surface area contributed by atoms with Gasteiger partial charge >= 0.3 is 13.8 Å². The van der Waals surface area contributed by atoms with Crippen molar-refractivity contribution in [2.45, 2.75) is 251 Å². The van der Waals surface area contributed by atoms with E-state index >= 15 is 0 Å². The lowest BCUT2D eigenvalue weighted by Crippen LogP contribution is -2.47. The van der Waals surface area contributed by atoms with Crippen LogP contribution in [0.4, 0.5) is 0 Å². The van der Waals surface area contributed by atoms with Gasteiger partial charge in [-0.05, 0) is 122 Å². The molecule has 0 bridgehead atoms. The summed E-state index contributed by atoms with van der Waals surface area (Å²) in [5.41, 5.74) is 0. The van der Waals surface area contributed by atoms with Crippen molar-refractivity contribution in [1.82, 2.24) is 5.32 Å². The van der Waals surface area contributed by atoms with Crippen molar-refractivity contribution in [2.75, 3.05) is 40.9 Å². The van der Waals surface area contributed by atoms with Crippen LogP contribution in [-0.4, -0.2) is 74.3 Å². The highest BCUT2D eigenvalue weighted by atomic mass is 31.2. The number of hydrogen-bond donors (Lipinski definition) is 2. The largest absolute Gasteiger partial charge is 0.472 e. The summed E-state index contributed by atoms with van der Waals surface area (Å²) in [6.07, 6.45) is 89.8. The highest BCUT2D eigenvalue weighted by Gasteiger charge is 2.30. The molecular formula is C73H122N2O7P+. The second-order valence-corrected chi connectivity index (χ2v) is 24.0. The number of carbonyl (C=O) groups is 2. The number of unbranched alkanes of at least 4 members (excludes halogenated alkanes) is 17. The minimum atomic E-state index is -4.48. The number of rotatable bonds is 57. The second-order valence-electron chi connectivity index (χ2n) is 22.5. The van der Waals surface area contributed by atoms with Gasteiger partial charge in [0.1, 0.15) is 19.3 Å². The number of likely N-dealkylation sites (N-methyl/N-ethyl adjacent to an activating group) is 1. The van der Waals surface area contributed by atoms with E-state index in [4.69, 9.17) is 13.8 Å². The molecule has 83 heavy (non-hydrogen) atoms. The average Bonchev–Trinajstić information content (AvgIpc) is 3.51. The Balaban J connectivity index is 5.23. The van der Waals surface area contributed by atoms with Crippen LogP contribution in [0.5, 0.6) is 0 Å². The topological polar surface area (TPSA) is 111 Å². The van der Waals surface area contributed by atoms with Gasteiger partial charge in [-0.3, -0.25) is 18.6 Å². The molecule has 0 aliphatic carbocycles. The fourth-order valence-electron chi connectivity index (χ4n) is 8.49. The van der Waals surface area contributed by atoms with Crippen LogP contribution in [0, 0.1) is 0 Å². The number of amides is 1. The number of hydrogen-bond acceptors (Lipinski definition) is 6. The quantitative estimate of drug-likeness (QED) is 0.0205. The molecule has 0 rings (SSSR count). The molecule has 10 heteroatoms. The molecule has 0 aliphatic rings. The molecule has 0 saturated carbocycles. The molecule has 0 radical (unpaired) electrons. The highest BCUT2D eigenvalue weighted by molar-refractivity contribution is 7.47. The molecule has 0 aromatic carbocycles. The number of allylic oxidation sites excluding steroid dienone is 25. The molecule has 2 N–H and O–H groups in total. The van der Waals surface area contributed by atoms with Gasteiger partial charge in [-0.25, -0.2) is 4.57 Å². The van der Waals surface area contributed by atoms with Gasteiger partial charge in [-0.15, -0.1) is 0 Å². The van der Waals surface area contributed by atoms with Crippen molar-refractivity contribution in [3.05, 3.63) is 158 Å². The zero-order valence-electron chi connectivity index (χ0n) is 53.6. The molecule has 0 aliphatic heterocycles. The summed E-state index contributed by atoms with van der Waals surface area (Å²) >= 11 is 0. The monoisotopic (exact) mass is 1170 g/mol. The third-order valence-corrected chi connectivity index (χ3v) is 14.5. The van der Waals surface area contributed by atoms with Crippen molar-refractivity contribution in [1.29, 1.82) is 0 Å². The van der Waals surface area contributed by atoms with E-state index in [0.29, 0.717) is 23.9 Å². The van der Waals surface area contributed by atoms with Crippen molar-refractivity contribution >= 4 is 19.7 Å². The van der Waals surface area contributed by atoms with Crippen LogP contribution in [0.15, 0.2) is 158 Å². The first-order chi connectivity index (χ1) is 40.4. The average molecular weight is 1170 g/mol. The maximum atomic E-state index is 13.5. The van der Waals surface area contributed by atoms with Gasteiger partial charge in [0.25, 0.3) is 0 Å². The molecule has 0 saturated heterocycles. The Morgan fingerprint density at radius 2 is 0.783 bits per heavy atom. The van der Waals surface area contributed by atoms with Gasteiger partial charge in [-0.1, -0.05) is 263 Å². The van der Waals surface area contributed by atoms with Gasteiger partial charge in [0, 0.05) is 12.8 Å². The van der Waals surface area contributed by atoms with E-state index in [1.54, 1.807) is 0 Å². The predicted molar refractivity (Wildman–Crippen MR) is 359 cm³/mol. The molecule has 470 valence electrons.